The summed E-state index contributed by atoms with van der Waals surface area (Å²) in [6.07, 6.45) is 2.78. The molecule has 17 heavy (non-hydrogen) atoms. The fraction of sp³-hybridized carbons (Fsp3) is 0.923. The molecule has 0 spiro atoms. The van der Waals surface area contributed by atoms with E-state index in [1.54, 1.807) is 0 Å². The van der Waals surface area contributed by atoms with Crippen LogP contribution < -0.4 is 5.32 Å². The van der Waals surface area contributed by atoms with E-state index in [0.717, 1.165) is 25.9 Å². The Morgan fingerprint density at radius 2 is 2.00 bits per heavy atom. The van der Waals surface area contributed by atoms with E-state index in [1.807, 2.05) is 14.0 Å². The van der Waals surface area contributed by atoms with Crippen LogP contribution in [0.1, 0.15) is 40.0 Å². The molecule has 2 N–H and O–H groups in total. The molecule has 0 aromatic rings. The van der Waals surface area contributed by atoms with E-state index in [9.17, 15) is 9.90 Å². The monoisotopic (exact) mass is 242 g/mol. The predicted molar refractivity (Wildman–Crippen MR) is 69.2 cm³/mol. The van der Waals surface area contributed by atoms with Gasteiger partial charge in [-0.2, -0.15) is 0 Å². The van der Waals surface area contributed by atoms with Crippen molar-refractivity contribution in [2.45, 2.75) is 51.6 Å². The Balaban J connectivity index is 2.77. The van der Waals surface area contributed by atoms with Crippen molar-refractivity contribution in [1.82, 2.24) is 10.2 Å². The molecule has 0 radical (unpaired) electrons. The summed E-state index contributed by atoms with van der Waals surface area (Å²) in [6.45, 7) is 8.01. The van der Waals surface area contributed by atoms with Gasteiger partial charge in [-0.15, -0.1) is 0 Å². The summed E-state index contributed by atoms with van der Waals surface area (Å²) in [6, 6.07) is 0.385. The Morgan fingerprint density at radius 3 is 2.41 bits per heavy atom. The Bertz CT molecular complexity index is 262. The minimum absolute atomic E-state index is 0.385. The lowest BCUT2D eigenvalue weighted by molar-refractivity contribution is -0.152. The number of piperidine rings is 1. The Hall–Kier alpha value is -0.610. The van der Waals surface area contributed by atoms with E-state index < -0.39 is 11.5 Å². The number of carboxylic acid groups (broad SMARTS) is 1. The Morgan fingerprint density at radius 1 is 1.47 bits per heavy atom. The molecule has 0 bridgehead atoms. The number of aliphatic carboxylic acids is 1. The van der Waals surface area contributed by atoms with Crippen LogP contribution in [0.5, 0.6) is 0 Å². The number of hydrogen-bond acceptors (Lipinski definition) is 3. The van der Waals surface area contributed by atoms with Crippen molar-refractivity contribution >= 4 is 5.97 Å². The normalized spacial score (nSPS) is 21.8. The molecule has 4 nitrogen and oxygen atoms in total. The first-order valence-corrected chi connectivity index (χ1v) is 6.55. The summed E-state index contributed by atoms with van der Waals surface area (Å²) in [4.78, 5) is 13.7. The molecule has 1 rings (SSSR count). The minimum atomic E-state index is -0.740. The van der Waals surface area contributed by atoms with Crippen molar-refractivity contribution < 1.29 is 9.90 Å². The van der Waals surface area contributed by atoms with Crippen LogP contribution in [-0.4, -0.2) is 47.7 Å². The molecule has 1 saturated heterocycles. The third kappa shape index (κ3) is 3.42. The first-order chi connectivity index (χ1) is 7.88. The van der Waals surface area contributed by atoms with Gasteiger partial charge in [-0.05, 0) is 52.2 Å². The van der Waals surface area contributed by atoms with Crippen molar-refractivity contribution in [2.24, 2.45) is 5.92 Å². The zero-order chi connectivity index (χ0) is 13.1. The molecule has 1 aliphatic heterocycles. The second kappa shape index (κ2) is 5.83. The van der Waals surface area contributed by atoms with Crippen LogP contribution in [0.25, 0.3) is 0 Å². The average molecular weight is 242 g/mol. The smallest absolute Gasteiger partial charge is 0.323 e. The topological polar surface area (TPSA) is 52.6 Å². The second-order valence-electron chi connectivity index (χ2n) is 5.77. The molecule has 0 aromatic heterocycles. The number of nitrogens with one attached hydrogen (secondary N) is 1. The molecule has 0 amide bonds. The SMILES string of the molecule is CC(C)CC(C)(C(=O)O)N(C)C1CCNCC1. The molecule has 1 heterocycles. The van der Waals surface area contributed by atoms with E-state index in [1.165, 1.54) is 0 Å². The molecular formula is C13H26N2O2. The van der Waals surface area contributed by atoms with E-state index >= 15 is 0 Å². The molecular weight excluding hydrogens is 216 g/mol. The van der Waals surface area contributed by atoms with Gasteiger partial charge in [-0.1, -0.05) is 13.8 Å². The van der Waals surface area contributed by atoms with Crippen molar-refractivity contribution in [3.05, 3.63) is 0 Å². The average Bonchev–Trinajstić information content (AvgIpc) is 2.28. The van der Waals surface area contributed by atoms with Crippen molar-refractivity contribution in [2.75, 3.05) is 20.1 Å². The number of likely N-dealkylation sites (N-methyl/N-ethyl adjacent to an activating group) is 1. The van der Waals surface area contributed by atoms with Crippen molar-refractivity contribution in [1.29, 1.82) is 0 Å². The fourth-order valence-electron chi connectivity index (χ4n) is 2.77. The molecule has 100 valence electrons. The molecule has 1 fully saturated rings. The van der Waals surface area contributed by atoms with Gasteiger partial charge in [0.05, 0.1) is 0 Å². The van der Waals surface area contributed by atoms with E-state index in [0.29, 0.717) is 18.4 Å². The van der Waals surface area contributed by atoms with Gasteiger partial charge in [0, 0.05) is 6.04 Å². The van der Waals surface area contributed by atoms with Gasteiger partial charge in [0.15, 0.2) is 0 Å². The lowest BCUT2D eigenvalue weighted by Crippen LogP contribution is -2.57. The number of hydrogen-bond donors (Lipinski definition) is 2. The minimum Gasteiger partial charge on any atom is -0.480 e. The number of carboxylic acids is 1. The van der Waals surface area contributed by atoms with E-state index in [4.69, 9.17) is 0 Å². The third-order valence-electron chi connectivity index (χ3n) is 3.90. The zero-order valence-corrected chi connectivity index (χ0v) is 11.5. The summed E-state index contributed by atoms with van der Waals surface area (Å²) in [5.41, 5.74) is -0.740. The molecule has 4 heteroatoms. The van der Waals surface area contributed by atoms with Gasteiger partial charge in [-0.25, -0.2) is 0 Å². The first-order valence-electron chi connectivity index (χ1n) is 6.55. The summed E-state index contributed by atoms with van der Waals surface area (Å²) < 4.78 is 0. The molecule has 1 unspecified atom stereocenters. The molecule has 0 aliphatic carbocycles. The van der Waals surface area contributed by atoms with Crippen LogP contribution >= 0.6 is 0 Å². The van der Waals surface area contributed by atoms with Gasteiger partial charge in [0.25, 0.3) is 0 Å². The first kappa shape index (κ1) is 14.5. The quantitative estimate of drug-likeness (QED) is 0.768. The number of nitrogens with zero attached hydrogens (tertiary/aromatic N) is 1. The third-order valence-corrected chi connectivity index (χ3v) is 3.90. The lowest BCUT2D eigenvalue weighted by Gasteiger charge is -2.43. The second-order valence-corrected chi connectivity index (χ2v) is 5.77. The molecule has 1 aliphatic rings. The predicted octanol–water partition coefficient (Wildman–Crippen LogP) is 1.56. The Kier molecular flexibility index (Phi) is 4.95. The van der Waals surface area contributed by atoms with Crippen molar-refractivity contribution in [3.63, 3.8) is 0 Å². The maximum absolute atomic E-state index is 11.6. The van der Waals surface area contributed by atoms with Crippen LogP contribution in [-0.2, 0) is 4.79 Å². The highest BCUT2D eigenvalue weighted by molar-refractivity contribution is 5.78. The molecule has 0 aromatic carbocycles. The highest BCUT2D eigenvalue weighted by Crippen LogP contribution is 2.27. The zero-order valence-electron chi connectivity index (χ0n) is 11.5. The van der Waals surface area contributed by atoms with Gasteiger partial charge < -0.3 is 10.4 Å². The molecule has 0 saturated carbocycles. The summed E-state index contributed by atoms with van der Waals surface area (Å²) in [5.74, 6) is -0.313. The van der Waals surface area contributed by atoms with Gasteiger partial charge >= 0.3 is 5.97 Å². The summed E-state index contributed by atoms with van der Waals surface area (Å²) in [7, 11) is 1.96. The van der Waals surface area contributed by atoms with Crippen LogP contribution in [0.3, 0.4) is 0 Å². The number of carbonyl (C=O) groups is 1. The summed E-state index contributed by atoms with van der Waals surface area (Å²) >= 11 is 0. The summed E-state index contributed by atoms with van der Waals surface area (Å²) in [5, 5.41) is 12.8. The van der Waals surface area contributed by atoms with Gasteiger partial charge in [0.1, 0.15) is 5.54 Å². The van der Waals surface area contributed by atoms with Crippen LogP contribution in [0.2, 0.25) is 0 Å². The highest BCUT2D eigenvalue weighted by Gasteiger charge is 2.41. The largest absolute Gasteiger partial charge is 0.480 e. The highest BCUT2D eigenvalue weighted by atomic mass is 16.4. The number of rotatable bonds is 5. The van der Waals surface area contributed by atoms with Gasteiger partial charge in [-0.3, -0.25) is 9.69 Å². The van der Waals surface area contributed by atoms with Crippen molar-refractivity contribution in [3.8, 4) is 0 Å². The lowest BCUT2D eigenvalue weighted by atomic mass is 9.87. The van der Waals surface area contributed by atoms with Gasteiger partial charge in [0.2, 0.25) is 0 Å². The standard InChI is InChI=1S/C13H26N2O2/c1-10(2)9-13(3,12(16)17)15(4)11-5-7-14-8-6-11/h10-11,14H,5-9H2,1-4H3,(H,16,17). The van der Waals surface area contributed by atoms with Crippen LogP contribution in [0.15, 0.2) is 0 Å². The maximum atomic E-state index is 11.6. The van der Waals surface area contributed by atoms with Crippen LogP contribution in [0.4, 0.5) is 0 Å². The maximum Gasteiger partial charge on any atom is 0.323 e. The van der Waals surface area contributed by atoms with E-state index in [-0.39, 0.29) is 0 Å². The van der Waals surface area contributed by atoms with E-state index in [2.05, 4.69) is 24.1 Å². The van der Waals surface area contributed by atoms with Crippen LogP contribution in [0, 0.1) is 5.92 Å². The fourth-order valence-corrected chi connectivity index (χ4v) is 2.77. The Labute approximate surface area is 104 Å². The molecule has 1 atom stereocenters.